The molecule has 0 radical (unpaired) electrons. The molecule has 4 heteroatoms. The van der Waals surface area contributed by atoms with E-state index in [0.717, 1.165) is 44.9 Å². The highest BCUT2D eigenvalue weighted by Gasteiger charge is 2.31. The van der Waals surface area contributed by atoms with Crippen LogP contribution < -0.4 is 0 Å². The first-order valence-corrected chi connectivity index (χ1v) is 18.1. The number of carbonyl (C=O) groups excluding carboxylic acids is 2. The third-order valence-electron chi connectivity index (χ3n) is 7.95. The maximum Gasteiger partial charge on any atom is 0.194 e. The van der Waals surface area contributed by atoms with Gasteiger partial charge in [-0.25, -0.2) is 0 Å². The van der Waals surface area contributed by atoms with Crippen LogP contribution in [0, 0.1) is 27.3 Å². The number of carbonyl (C=O) groups is 2. The van der Waals surface area contributed by atoms with E-state index < -0.39 is 0 Å². The third-order valence-corrected chi connectivity index (χ3v) is 10.2. The molecule has 3 rings (SSSR count). The molecular formula is C38H46BrIO2. The van der Waals surface area contributed by atoms with E-state index in [1.54, 1.807) is 12.1 Å². The molecule has 0 unspecified atom stereocenters. The topological polar surface area (TPSA) is 34.1 Å². The fraction of sp³-hybridized carbons (Fsp3) is 0.526. The first-order valence-electron chi connectivity index (χ1n) is 16.2. The van der Waals surface area contributed by atoms with Gasteiger partial charge < -0.3 is 0 Å². The van der Waals surface area contributed by atoms with Gasteiger partial charge in [0.25, 0.3) is 0 Å². The van der Waals surface area contributed by atoms with Crippen molar-refractivity contribution in [1.82, 2.24) is 0 Å². The van der Waals surface area contributed by atoms with Crippen LogP contribution in [0.25, 0.3) is 0 Å². The fourth-order valence-corrected chi connectivity index (χ4v) is 6.22. The Hall–Kier alpha value is -1.89. The Kier molecular flexibility index (Phi) is 16.0. The molecule has 0 saturated carbocycles. The molecule has 0 N–H and O–H groups in total. The second-order valence-electron chi connectivity index (χ2n) is 11.5. The number of halogens is 2. The van der Waals surface area contributed by atoms with Gasteiger partial charge in [0.05, 0.1) is 0 Å². The minimum atomic E-state index is -0.124. The van der Waals surface area contributed by atoms with Gasteiger partial charge in [0.15, 0.2) is 11.6 Å². The van der Waals surface area contributed by atoms with Crippen LogP contribution in [0.4, 0.5) is 0 Å². The summed E-state index contributed by atoms with van der Waals surface area (Å²) in [6.45, 7) is 4.50. The summed E-state index contributed by atoms with van der Waals surface area (Å²) in [5.41, 5.74) is 3.30. The number of unbranched alkanes of at least 4 members (excludes halogenated alkanes) is 16. The van der Waals surface area contributed by atoms with Crippen molar-refractivity contribution in [3.63, 3.8) is 0 Å². The average Bonchev–Trinajstić information content (AvgIpc) is 2.99. The first-order chi connectivity index (χ1) is 20.5. The Labute approximate surface area is 276 Å². The van der Waals surface area contributed by atoms with Crippen LogP contribution in [-0.2, 0) is 0 Å². The molecule has 1 aliphatic carbocycles. The molecule has 2 nitrogen and oxygen atoms in total. The maximum atomic E-state index is 13.5. The van der Waals surface area contributed by atoms with E-state index in [0.29, 0.717) is 22.3 Å². The summed E-state index contributed by atoms with van der Waals surface area (Å²) in [4.78, 5) is 27.0. The Bertz CT molecular complexity index is 1230. The number of benzene rings is 2. The lowest BCUT2D eigenvalue weighted by Gasteiger charge is -2.19. The quantitative estimate of drug-likeness (QED) is 0.0832. The van der Waals surface area contributed by atoms with Crippen molar-refractivity contribution in [2.45, 2.75) is 129 Å². The molecule has 0 bridgehead atoms. The molecule has 2 aromatic carbocycles. The second-order valence-corrected chi connectivity index (χ2v) is 13.5. The highest BCUT2D eigenvalue weighted by atomic mass is 127. The first kappa shape index (κ1) is 34.6. The highest BCUT2D eigenvalue weighted by Crippen LogP contribution is 2.33. The summed E-state index contributed by atoms with van der Waals surface area (Å²) >= 11 is 5.70. The lowest BCUT2D eigenvalue weighted by molar-refractivity contribution is 0.0979. The lowest BCUT2D eigenvalue weighted by Crippen LogP contribution is -2.22. The van der Waals surface area contributed by atoms with Gasteiger partial charge in [0, 0.05) is 54.3 Å². The number of hydrogen-bond donors (Lipinski definition) is 0. The summed E-state index contributed by atoms with van der Waals surface area (Å²) in [5.74, 6) is 13.1. The van der Waals surface area contributed by atoms with Gasteiger partial charge in [-0.1, -0.05) is 127 Å². The standard InChI is InChI=1S/C38H46BrIO2/c1-3-5-7-9-11-13-15-17-19-21-23-29-25-31-32(38(42)34-28-36(40)35(39)27-33(34)37(31)41)26-30(29)24-22-20-18-16-14-12-10-8-6-4-2/h25-28H,3-20H2,1-2H3. The van der Waals surface area contributed by atoms with Crippen LogP contribution in [0.3, 0.4) is 0 Å². The zero-order chi connectivity index (χ0) is 30.2. The van der Waals surface area contributed by atoms with E-state index in [9.17, 15) is 9.59 Å². The van der Waals surface area contributed by atoms with Gasteiger partial charge in [-0.3, -0.25) is 9.59 Å². The largest absolute Gasteiger partial charge is 0.289 e. The molecule has 0 aliphatic heterocycles. The monoisotopic (exact) mass is 740 g/mol. The van der Waals surface area contributed by atoms with Crippen molar-refractivity contribution in [2.75, 3.05) is 0 Å². The lowest BCUT2D eigenvalue weighted by atomic mass is 9.82. The molecule has 0 saturated heterocycles. The Morgan fingerprint density at radius 2 is 0.905 bits per heavy atom. The molecule has 42 heavy (non-hydrogen) atoms. The molecule has 224 valence electrons. The summed E-state index contributed by atoms with van der Waals surface area (Å²) in [6, 6.07) is 7.19. The minimum absolute atomic E-state index is 0.116. The van der Waals surface area contributed by atoms with Gasteiger partial charge in [0.1, 0.15) is 0 Å². The number of rotatable bonds is 16. The van der Waals surface area contributed by atoms with Crippen molar-refractivity contribution in [3.05, 3.63) is 65.7 Å². The summed E-state index contributed by atoms with van der Waals surface area (Å²) < 4.78 is 1.73. The van der Waals surface area contributed by atoms with Gasteiger partial charge in [-0.2, -0.15) is 0 Å². The van der Waals surface area contributed by atoms with E-state index >= 15 is 0 Å². The molecule has 0 spiro atoms. The van der Waals surface area contributed by atoms with Crippen molar-refractivity contribution >= 4 is 50.1 Å². The molecule has 0 fully saturated rings. The van der Waals surface area contributed by atoms with Gasteiger partial charge in [-0.15, -0.1) is 0 Å². The summed E-state index contributed by atoms with van der Waals surface area (Å²) in [5, 5.41) is 0. The highest BCUT2D eigenvalue weighted by molar-refractivity contribution is 14.1. The molecule has 0 amide bonds. The summed E-state index contributed by atoms with van der Waals surface area (Å²) in [6.07, 6.45) is 22.0. The molecule has 0 atom stereocenters. The van der Waals surface area contributed by atoms with Crippen LogP contribution in [0.2, 0.25) is 0 Å². The minimum Gasteiger partial charge on any atom is -0.289 e. The molecule has 0 aromatic heterocycles. The predicted molar refractivity (Wildman–Crippen MR) is 188 cm³/mol. The van der Waals surface area contributed by atoms with E-state index in [1.807, 2.05) is 12.1 Å². The summed E-state index contributed by atoms with van der Waals surface area (Å²) in [7, 11) is 0. The van der Waals surface area contributed by atoms with E-state index in [4.69, 9.17) is 0 Å². The third kappa shape index (κ3) is 10.7. The Balaban J connectivity index is 1.71. The zero-order valence-electron chi connectivity index (χ0n) is 25.6. The molecule has 0 heterocycles. The zero-order valence-corrected chi connectivity index (χ0v) is 29.4. The maximum absolute atomic E-state index is 13.5. The molecule has 2 aromatic rings. The fourth-order valence-electron chi connectivity index (χ4n) is 5.40. The predicted octanol–water partition coefficient (Wildman–Crippen LogP) is 11.6. The van der Waals surface area contributed by atoms with Gasteiger partial charge >= 0.3 is 0 Å². The van der Waals surface area contributed by atoms with Crippen LogP contribution in [0.5, 0.6) is 0 Å². The number of fused-ring (bicyclic) bond motifs is 2. The molecular weight excluding hydrogens is 695 g/mol. The van der Waals surface area contributed by atoms with Gasteiger partial charge in [0.2, 0.25) is 0 Å². The molecule has 1 aliphatic rings. The van der Waals surface area contributed by atoms with Crippen LogP contribution in [0.1, 0.15) is 172 Å². The Morgan fingerprint density at radius 1 is 0.548 bits per heavy atom. The van der Waals surface area contributed by atoms with E-state index in [1.165, 1.54) is 89.9 Å². The number of ketones is 2. The van der Waals surface area contributed by atoms with Crippen molar-refractivity contribution < 1.29 is 9.59 Å². The van der Waals surface area contributed by atoms with Crippen molar-refractivity contribution in [3.8, 4) is 23.7 Å². The average molecular weight is 742 g/mol. The van der Waals surface area contributed by atoms with Crippen molar-refractivity contribution in [2.24, 2.45) is 0 Å². The van der Waals surface area contributed by atoms with E-state index in [-0.39, 0.29) is 11.6 Å². The van der Waals surface area contributed by atoms with Crippen molar-refractivity contribution in [1.29, 1.82) is 0 Å². The SMILES string of the molecule is CCCCCCCCCCC#Cc1cc2c(cc1C#CCCCCCCCCCC)C(=O)c1cc(I)c(Br)cc1C2=O. The van der Waals surface area contributed by atoms with Crippen LogP contribution >= 0.6 is 38.5 Å². The smallest absolute Gasteiger partial charge is 0.194 e. The van der Waals surface area contributed by atoms with Gasteiger partial charge in [-0.05, 0) is 75.6 Å². The second kappa shape index (κ2) is 19.4. The number of hydrogen-bond acceptors (Lipinski definition) is 2. The van der Waals surface area contributed by atoms with Crippen LogP contribution in [-0.4, -0.2) is 11.6 Å². The van der Waals surface area contributed by atoms with Crippen LogP contribution in [0.15, 0.2) is 28.7 Å². The Morgan fingerprint density at radius 3 is 1.33 bits per heavy atom. The normalized spacial score (nSPS) is 11.8. The van der Waals surface area contributed by atoms with E-state index in [2.05, 4.69) is 76.1 Å².